The Kier molecular flexibility index (Phi) is 4.46. The summed E-state index contributed by atoms with van der Waals surface area (Å²) < 4.78 is 0.892. The Bertz CT molecular complexity index is 396. The van der Waals surface area contributed by atoms with Gasteiger partial charge in [-0.25, -0.2) is 0 Å². The molecule has 4 N–H and O–H groups in total. The van der Waals surface area contributed by atoms with Gasteiger partial charge in [-0.2, -0.15) is 0 Å². The molecule has 0 bridgehead atoms. The lowest BCUT2D eigenvalue weighted by molar-refractivity contribution is -0.139. The molecular weight excluding hydrogens is 272 g/mol. The van der Waals surface area contributed by atoms with Gasteiger partial charge in [-0.1, -0.05) is 22.0 Å². The Labute approximate surface area is 103 Å². The van der Waals surface area contributed by atoms with Crippen molar-refractivity contribution in [3.05, 3.63) is 33.8 Å². The highest BCUT2D eigenvalue weighted by atomic mass is 79.9. The molecule has 0 aliphatic rings. The van der Waals surface area contributed by atoms with Crippen molar-refractivity contribution in [3.8, 4) is 0 Å². The molecule has 1 aromatic rings. The monoisotopic (exact) mass is 286 g/mol. The molecule has 0 aromatic heterocycles. The SMILES string of the molecule is CNC(C(=O)O)C(N)c1cc(Br)ccc1C. The second-order valence-electron chi connectivity index (χ2n) is 3.63. The van der Waals surface area contributed by atoms with Crippen LogP contribution in [0.2, 0.25) is 0 Å². The van der Waals surface area contributed by atoms with Crippen molar-refractivity contribution < 1.29 is 9.90 Å². The molecule has 16 heavy (non-hydrogen) atoms. The number of nitrogens with one attached hydrogen (secondary N) is 1. The number of aliphatic carboxylic acids is 1. The molecule has 2 atom stereocenters. The Morgan fingerprint density at radius 3 is 2.69 bits per heavy atom. The Morgan fingerprint density at radius 2 is 2.19 bits per heavy atom. The molecular formula is C11H15BrN2O2. The third kappa shape index (κ3) is 2.81. The minimum Gasteiger partial charge on any atom is -0.480 e. The molecule has 0 saturated heterocycles. The largest absolute Gasteiger partial charge is 0.480 e. The molecule has 2 unspecified atom stereocenters. The van der Waals surface area contributed by atoms with Gasteiger partial charge < -0.3 is 16.2 Å². The van der Waals surface area contributed by atoms with Gasteiger partial charge in [0.15, 0.2) is 0 Å². The molecule has 0 aliphatic heterocycles. The maximum absolute atomic E-state index is 11.0. The van der Waals surface area contributed by atoms with Crippen LogP contribution in [-0.4, -0.2) is 24.2 Å². The molecule has 0 saturated carbocycles. The number of rotatable bonds is 4. The topological polar surface area (TPSA) is 75.3 Å². The minimum atomic E-state index is -0.950. The zero-order chi connectivity index (χ0) is 12.3. The fourth-order valence-electron chi connectivity index (χ4n) is 1.61. The average Bonchev–Trinajstić information content (AvgIpc) is 2.22. The summed E-state index contributed by atoms with van der Waals surface area (Å²) in [7, 11) is 1.59. The van der Waals surface area contributed by atoms with Gasteiger partial charge in [0, 0.05) is 4.47 Å². The Balaban J connectivity index is 3.07. The van der Waals surface area contributed by atoms with Crippen LogP contribution in [0.5, 0.6) is 0 Å². The normalized spacial score (nSPS) is 14.5. The van der Waals surface area contributed by atoms with Gasteiger partial charge in [0.05, 0.1) is 6.04 Å². The number of carboxylic acids is 1. The van der Waals surface area contributed by atoms with Crippen LogP contribution in [-0.2, 0) is 4.79 Å². The molecule has 88 valence electrons. The van der Waals surface area contributed by atoms with E-state index < -0.39 is 18.1 Å². The number of hydrogen-bond donors (Lipinski definition) is 3. The Morgan fingerprint density at radius 1 is 1.56 bits per heavy atom. The van der Waals surface area contributed by atoms with E-state index in [-0.39, 0.29) is 0 Å². The summed E-state index contributed by atoms with van der Waals surface area (Å²) in [5, 5.41) is 11.7. The van der Waals surface area contributed by atoms with Crippen molar-refractivity contribution in [3.63, 3.8) is 0 Å². The van der Waals surface area contributed by atoms with Crippen LogP contribution in [0, 0.1) is 6.92 Å². The number of benzene rings is 1. The number of hydrogen-bond acceptors (Lipinski definition) is 3. The summed E-state index contributed by atoms with van der Waals surface area (Å²) in [5.41, 5.74) is 7.77. The lowest BCUT2D eigenvalue weighted by atomic mass is 9.96. The van der Waals surface area contributed by atoms with E-state index in [1.807, 2.05) is 25.1 Å². The predicted molar refractivity (Wildman–Crippen MR) is 66.3 cm³/mol. The maximum atomic E-state index is 11.0. The number of likely N-dealkylation sites (N-methyl/N-ethyl adjacent to an activating group) is 1. The second-order valence-corrected chi connectivity index (χ2v) is 4.55. The maximum Gasteiger partial charge on any atom is 0.322 e. The summed E-state index contributed by atoms with van der Waals surface area (Å²) in [6.07, 6.45) is 0. The third-order valence-corrected chi connectivity index (χ3v) is 3.03. The molecule has 0 spiro atoms. The van der Waals surface area contributed by atoms with Crippen molar-refractivity contribution in [2.45, 2.75) is 19.0 Å². The van der Waals surface area contributed by atoms with Crippen LogP contribution < -0.4 is 11.1 Å². The van der Waals surface area contributed by atoms with Crippen LogP contribution >= 0.6 is 15.9 Å². The van der Waals surface area contributed by atoms with Crippen LogP contribution in [0.4, 0.5) is 0 Å². The first-order chi connectivity index (χ1) is 7.47. The van der Waals surface area contributed by atoms with E-state index in [9.17, 15) is 4.79 Å². The molecule has 1 aromatic carbocycles. The fourth-order valence-corrected chi connectivity index (χ4v) is 1.99. The van der Waals surface area contributed by atoms with Crippen molar-refractivity contribution in [1.29, 1.82) is 0 Å². The van der Waals surface area contributed by atoms with E-state index in [0.717, 1.165) is 15.6 Å². The van der Waals surface area contributed by atoms with E-state index in [1.165, 1.54) is 0 Å². The van der Waals surface area contributed by atoms with Crippen molar-refractivity contribution in [1.82, 2.24) is 5.32 Å². The molecule has 0 fully saturated rings. The summed E-state index contributed by atoms with van der Waals surface area (Å²) in [4.78, 5) is 11.0. The van der Waals surface area contributed by atoms with E-state index in [4.69, 9.17) is 10.8 Å². The second kappa shape index (κ2) is 5.43. The van der Waals surface area contributed by atoms with Gasteiger partial charge in [-0.15, -0.1) is 0 Å². The van der Waals surface area contributed by atoms with Crippen LogP contribution in [0.15, 0.2) is 22.7 Å². The molecule has 0 amide bonds. The Hall–Kier alpha value is -0.910. The number of carbonyl (C=O) groups is 1. The zero-order valence-corrected chi connectivity index (χ0v) is 10.8. The fraction of sp³-hybridized carbons (Fsp3) is 0.364. The van der Waals surface area contributed by atoms with Crippen LogP contribution in [0.3, 0.4) is 0 Å². The lowest BCUT2D eigenvalue weighted by Crippen LogP contribution is -2.43. The van der Waals surface area contributed by atoms with Gasteiger partial charge in [0.2, 0.25) is 0 Å². The number of carboxylic acid groups (broad SMARTS) is 1. The smallest absolute Gasteiger partial charge is 0.322 e. The highest BCUT2D eigenvalue weighted by molar-refractivity contribution is 9.10. The third-order valence-electron chi connectivity index (χ3n) is 2.54. The predicted octanol–water partition coefficient (Wildman–Crippen LogP) is 1.43. The summed E-state index contributed by atoms with van der Waals surface area (Å²) in [6, 6.07) is 4.31. The van der Waals surface area contributed by atoms with E-state index in [2.05, 4.69) is 21.2 Å². The van der Waals surface area contributed by atoms with Crippen LogP contribution in [0.25, 0.3) is 0 Å². The van der Waals surface area contributed by atoms with E-state index >= 15 is 0 Å². The summed E-state index contributed by atoms with van der Waals surface area (Å²) >= 11 is 3.35. The molecule has 4 nitrogen and oxygen atoms in total. The standard InChI is InChI=1S/C11H15BrN2O2/c1-6-3-4-7(12)5-8(6)9(13)10(14-2)11(15)16/h3-5,9-10,14H,13H2,1-2H3,(H,15,16). The number of nitrogens with two attached hydrogens (primary N) is 1. The molecule has 1 rings (SSSR count). The van der Waals surface area contributed by atoms with Gasteiger partial charge in [-0.05, 0) is 37.2 Å². The van der Waals surface area contributed by atoms with Crippen molar-refractivity contribution >= 4 is 21.9 Å². The molecule has 0 radical (unpaired) electrons. The van der Waals surface area contributed by atoms with Crippen LogP contribution in [0.1, 0.15) is 17.2 Å². The highest BCUT2D eigenvalue weighted by Crippen LogP contribution is 2.23. The molecule has 5 heteroatoms. The van der Waals surface area contributed by atoms with E-state index in [0.29, 0.717) is 0 Å². The highest BCUT2D eigenvalue weighted by Gasteiger charge is 2.25. The quantitative estimate of drug-likeness (QED) is 0.783. The van der Waals surface area contributed by atoms with Gasteiger partial charge >= 0.3 is 5.97 Å². The van der Waals surface area contributed by atoms with Crippen molar-refractivity contribution in [2.75, 3.05) is 7.05 Å². The molecule has 0 heterocycles. The average molecular weight is 287 g/mol. The first kappa shape index (κ1) is 13.2. The summed E-state index contributed by atoms with van der Waals surface area (Å²) in [5.74, 6) is -0.950. The van der Waals surface area contributed by atoms with E-state index in [1.54, 1.807) is 7.05 Å². The van der Waals surface area contributed by atoms with Crippen molar-refractivity contribution in [2.24, 2.45) is 5.73 Å². The van der Waals surface area contributed by atoms with Gasteiger partial charge in [-0.3, -0.25) is 4.79 Å². The summed E-state index contributed by atoms with van der Waals surface area (Å²) in [6.45, 7) is 1.91. The zero-order valence-electron chi connectivity index (χ0n) is 9.20. The number of aryl methyl sites for hydroxylation is 1. The molecule has 0 aliphatic carbocycles. The first-order valence-corrected chi connectivity index (χ1v) is 5.68. The lowest BCUT2D eigenvalue weighted by Gasteiger charge is -2.21. The van der Waals surface area contributed by atoms with Gasteiger partial charge in [0.25, 0.3) is 0 Å². The first-order valence-electron chi connectivity index (χ1n) is 4.89. The minimum absolute atomic E-state index is 0.569. The number of halogens is 1. The van der Waals surface area contributed by atoms with Gasteiger partial charge in [0.1, 0.15) is 6.04 Å².